The van der Waals surface area contributed by atoms with Crippen LogP contribution in [0.15, 0.2) is 78.2 Å². The molecule has 9 heteroatoms. The van der Waals surface area contributed by atoms with Crippen LogP contribution in [0.1, 0.15) is 30.7 Å². The molecule has 0 spiro atoms. The van der Waals surface area contributed by atoms with Crippen molar-refractivity contribution in [2.45, 2.75) is 37.3 Å². The van der Waals surface area contributed by atoms with E-state index in [-0.39, 0.29) is 23.3 Å². The number of amides is 1. The number of benzene rings is 1. The lowest BCUT2D eigenvalue weighted by atomic mass is 9.76. The number of aliphatic hydroxyl groups is 1. The number of piperidine rings is 2. The molecule has 1 aromatic carbocycles. The zero-order chi connectivity index (χ0) is 26.1. The summed E-state index contributed by atoms with van der Waals surface area (Å²) in [4.78, 5) is 37.3. The van der Waals surface area contributed by atoms with Crippen molar-refractivity contribution in [1.82, 2.24) is 29.3 Å². The molecule has 3 aromatic heterocycles. The quantitative estimate of drug-likeness (QED) is 0.425. The Morgan fingerprint density at radius 3 is 2.61 bits per heavy atom. The van der Waals surface area contributed by atoms with Gasteiger partial charge in [0.2, 0.25) is 0 Å². The Labute approximate surface area is 220 Å². The molecule has 5 heterocycles. The molecule has 0 radical (unpaired) electrons. The second kappa shape index (κ2) is 10.2. The van der Waals surface area contributed by atoms with Gasteiger partial charge in [-0.1, -0.05) is 30.3 Å². The molecule has 4 aromatic rings. The highest BCUT2D eigenvalue weighted by atomic mass is 16.3. The molecule has 2 N–H and O–H groups in total. The summed E-state index contributed by atoms with van der Waals surface area (Å²) < 4.78 is 3.58. The molecule has 0 unspecified atom stereocenters. The number of nitrogens with zero attached hydrogens (tertiary/aromatic N) is 5. The summed E-state index contributed by atoms with van der Waals surface area (Å²) in [6.07, 6.45) is 8.86. The van der Waals surface area contributed by atoms with Crippen LogP contribution in [0, 0.1) is 5.92 Å². The minimum absolute atomic E-state index is 0.0592. The number of hydrogen-bond donors (Lipinski definition) is 2. The predicted molar refractivity (Wildman–Crippen MR) is 144 cm³/mol. The minimum atomic E-state index is -1.41. The van der Waals surface area contributed by atoms with Gasteiger partial charge in [-0.05, 0) is 55.5 Å². The van der Waals surface area contributed by atoms with Crippen molar-refractivity contribution in [3.63, 3.8) is 0 Å². The molecule has 0 bridgehead atoms. The lowest BCUT2D eigenvalue weighted by Gasteiger charge is -2.43. The lowest BCUT2D eigenvalue weighted by molar-refractivity contribution is -0.158. The highest BCUT2D eigenvalue weighted by Gasteiger charge is 2.48. The summed E-state index contributed by atoms with van der Waals surface area (Å²) in [7, 11) is 0. The molecule has 2 atom stereocenters. The van der Waals surface area contributed by atoms with Gasteiger partial charge in [-0.15, -0.1) is 0 Å². The fraction of sp³-hybridized carbons (Fsp3) is 0.379. The van der Waals surface area contributed by atoms with Crippen LogP contribution in [0.25, 0.3) is 16.7 Å². The fourth-order valence-corrected chi connectivity index (χ4v) is 5.97. The van der Waals surface area contributed by atoms with Crippen molar-refractivity contribution >= 4 is 16.9 Å². The van der Waals surface area contributed by atoms with Crippen molar-refractivity contribution in [2.24, 2.45) is 5.92 Å². The topological polar surface area (TPSA) is 105 Å². The summed E-state index contributed by atoms with van der Waals surface area (Å²) in [5.74, 6) is -0.201. The molecule has 6 rings (SSSR count). The number of nitrogens with one attached hydrogen (secondary N) is 1. The molecule has 38 heavy (non-hydrogen) atoms. The number of carbonyl (C=O) groups is 1. The van der Waals surface area contributed by atoms with Crippen LogP contribution >= 0.6 is 0 Å². The van der Waals surface area contributed by atoms with E-state index in [1.165, 1.54) is 0 Å². The first-order valence-electron chi connectivity index (χ1n) is 13.3. The van der Waals surface area contributed by atoms with E-state index < -0.39 is 5.60 Å². The first-order valence-corrected chi connectivity index (χ1v) is 13.3. The number of fused-ring (bicyclic) bond motifs is 1. The van der Waals surface area contributed by atoms with E-state index >= 15 is 0 Å². The fourth-order valence-electron chi connectivity index (χ4n) is 5.97. The van der Waals surface area contributed by atoms with E-state index in [0.29, 0.717) is 50.2 Å². The van der Waals surface area contributed by atoms with Gasteiger partial charge < -0.3 is 19.9 Å². The Kier molecular flexibility index (Phi) is 6.55. The Morgan fingerprint density at radius 1 is 1.08 bits per heavy atom. The van der Waals surface area contributed by atoms with Crippen LogP contribution in [-0.4, -0.2) is 66.8 Å². The third-order valence-electron chi connectivity index (χ3n) is 8.15. The number of likely N-dealkylation sites (tertiary alicyclic amines) is 1. The smallest absolute Gasteiger partial charge is 0.262 e. The average Bonchev–Trinajstić information content (AvgIpc) is 3.41. The van der Waals surface area contributed by atoms with Crippen molar-refractivity contribution < 1.29 is 9.90 Å². The predicted octanol–water partition coefficient (Wildman–Crippen LogP) is 2.33. The summed E-state index contributed by atoms with van der Waals surface area (Å²) in [6, 6.07) is 15.4. The molecule has 1 amide bonds. The van der Waals surface area contributed by atoms with E-state index in [1.807, 2.05) is 64.2 Å². The summed E-state index contributed by atoms with van der Waals surface area (Å²) in [6.45, 7) is 2.89. The van der Waals surface area contributed by atoms with Crippen LogP contribution < -0.4 is 10.9 Å². The van der Waals surface area contributed by atoms with Gasteiger partial charge >= 0.3 is 0 Å². The summed E-state index contributed by atoms with van der Waals surface area (Å²) in [5, 5.41) is 15.6. The van der Waals surface area contributed by atoms with Crippen LogP contribution in [-0.2, 0) is 11.3 Å². The zero-order valence-electron chi connectivity index (χ0n) is 21.2. The van der Waals surface area contributed by atoms with Crippen molar-refractivity contribution in [1.29, 1.82) is 0 Å². The van der Waals surface area contributed by atoms with E-state index in [9.17, 15) is 14.7 Å². The number of pyridine rings is 1. The van der Waals surface area contributed by atoms with Gasteiger partial charge in [0, 0.05) is 50.7 Å². The summed E-state index contributed by atoms with van der Waals surface area (Å²) >= 11 is 0. The van der Waals surface area contributed by atoms with Gasteiger partial charge in [0.25, 0.3) is 11.5 Å². The molecule has 196 valence electrons. The van der Waals surface area contributed by atoms with Crippen molar-refractivity contribution in [2.75, 3.05) is 26.2 Å². The van der Waals surface area contributed by atoms with Crippen LogP contribution in [0.4, 0.5) is 0 Å². The third-order valence-corrected chi connectivity index (χ3v) is 8.15. The van der Waals surface area contributed by atoms with Gasteiger partial charge in [0.15, 0.2) is 11.2 Å². The Morgan fingerprint density at radius 2 is 1.84 bits per heavy atom. The van der Waals surface area contributed by atoms with Crippen LogP contribution in [0.2, 0.25) is 0 Å². The largest absolute Gasteiger partial charge is 0.379 e. The van der Waals surface area contributed by atoms with Crippen molar-refractivity contribution in [3.8, 4) is 5.69 Å². The van der Waals surface area contributed by atoms with Crippen LogP contribution in [0.5, 0.6) is 0 Å². The maximum absolute atomic E-state index is 13.6. The molecule has 2 aliphatic rings. The van der Waals surface area contributed by atoms with Gasteiger partial charge in [-0.3, -0.25) is 19.1 Å². The number of carbonyl (C=O) groups excluding carboxylic acids is 1. The van der Waals surface area contributed by atoms with Gasteiger partial charge in [-0.25, -0.2) is 4.98 Å². The average molecular weight is 513 g/mol. The normalized spacial score (nSPS) is 22.6. The molecule has 2 fully saturated rings. The highest BCUT2D eigenvalue weighted by Crippen LogP contribution is 2.36. The molecule has 2 aliphatic heterocycles. The molecule has 9 nitrogen and oxygen atoms in total. The van der Waals surface area contributed by atoms with Gasteiger partial charge in [0.1, 0.15) is 0 Å². The maximum Gasteiger partial charge on any atom is 0.262 e. The number of hydrogen-bond acceptors (Lipinski definition) is 6. The van der Waals surface area contributed by atoms with E-state index in [2.05, 4.69) is 15.3 Å². The maximum atomic E-state index is 13.6. The van der Waals surface area contributed by atoms with E-state index in [0.717, 1.165) is 24.1 Å². The molecular weight excluding hydrogens is 480 g/mol. The minimum Gasteiger partial charge on any atom is -0.379 e. The molecule has 0 saturated carbocycles. The molecule has 2 saturated heterocycles. The highest BCUT2D eigenvalue weighted by molar-refractivity contribution is 5.86. The van der Waals surface area contributed by atoms with E-state index in [4.69, 9.17) is 0 Å². The van der Waals surface area contributed by atoms with Crippen LogP contribution in [0.3, 0.4) is 0 Å². The standard InChI is InChI=1S/C29H32N6O3/c36-27-24-10-17-35(23-6-12-30-13-7-23)26(24)32-20-34(27)19-21-8-15-33(16-9-21)28(37)29(38)11-14-31-18-25(29)22-4-2-1-3-5-22/h1-7,10,12-13,17,20-21,25,31,38H,8-9,11,14-16,18-19H2/t25-,29+/m0/s1. The zero-order valence-corrected chi connectivity index (χ0v) is 21.2. The number of rotatable bonds is 5. The third kappa shape index (κ3) is 4.41. The van der Waals surface area contributed by atoms with Crippen molar-refractivity contribution in [3.05, 3.63) is 89.4 Å². The number of aromatic nitrogens is 4. The second-order valence-electron chi connectivity index (χ2n) is 10.4. The first-order chi connectivity index (χ1) is 18.5. The van der Waals surface area contributed by atoms with E-state index in [1.54, 1.807) is 23.3 Å². The Hall–Kier alpha value is -3.82. The second-order valence-corrected chi connectivity index (χ2v) is 10.4. The monoisotopic (exact) mass is 512 g/mol. The Balaban J connectivity index is 1.14. The summed E-state index contributed by atoms with van der Waals surface area (Å²) in [5.41, 5.74) is 1.04. The SMILES string of the molecule is O=C(N1CCC(Cn2cnc3c(ccn3-c3ccncc3)c2=O)CC1)[C@@]1(O)CCNC[C@H]1c1ccccc1. The van der Waals surface area contributed by atoms with Gasteiger partial charge in [0.05, 0.1) is 17.4 Å². The lowest BCUT2D eigenvalue weighted by Crippen LogP contribution is -2.59. The molecular formula is C29H32N6O3. The Bertz CT molecular complexity index is 1480. The first kappa shape index (κ1) is 24.5. The van der Waals surface area contributed by atoms with Gasteiger partial charge in [-0.2, -0.15) is 0 Å². The molecule has 0 aliphatic carbocycles.